The number of benzene rings is 2. The van der Waals surface area contributed by atoms with Crippen molar-refractivity contribution >= 4 is 11.6 Å². The van der Waals surface area contributed by atoms with Crippen LogP contribution >= 0.6 is 0 Å². The van der Waals surface area contributed by atoms with E-state index in [9.17, 15) is 4.79 Å². The highest BCUT2D eigenvalue weighted by Crippen LogP contribution is 2.27. The van der Waals surface area contributed by atoms with Gasteiger partial charge >= 0.3 is 0 Å². The lowest BCUT2D eigenvalue weighted by molar-refractivity contribution is -0.119. The van der Waals surface area contributed by atoms with E-state index in [0.717, 1.165) is 11.1 Å². The summed E-state index contributed by atoms with van der Waals surface area (Å²) in [5, 5.41) is 2.91. The number of carbonyl (C=O) groups excluding carboxylic acids is 1. The van der Waals surface area contributed by atoms with Crippen molar-refractivity contribution in [1.29, 1.82) is 0 Å². The Labute approximate surface area is 137 Å². The molecule has 0 saturated heterocycles. The van der Waals surface area contributed by atoms with Crippen LogP contribution in [0.5, 0.6) is 5.75 Å². The van der Waals surface area contributed by atoms with Crippen molar-refractivity contribution in [3.63, 3.8) is 0 Å². The molecule has 3 N–H and O–H groups in total. The van der Waals surface area contributed by atoms with E-state index < -0.39 is 0 Å². The number of hydrogen-bond donors (Lipinski definition) is 2. The first-order chi connectivity index (χ1) is 11.0. The highest BCUT2D eigenvalue weighted by Gasteiger charge is 2.18. The molecule has 0 radical (unpaired) electrons. The SMILES string of the molecule is Cc1ccc(NC(=O)C(C)C(C)N)c(OCc2ccccc2)c1. The quantitative estimate of drug-likeness (QED) is 0.858. The third-order valence-electron chi connectivity index (χ3n) is 3.83. The predicted molar refractivity (Wildman–Crippen MR) is 93.4 cm³/mol. The zero-order valence-electron chi connectivity index (χ0n) is 13.9. The second kappa shape index (κ2) is 7.79. The molecular formula is C19H24N2O2. The van der Waals surface area contributed by atoms with Gasteiger partial charge in [0.1, 0.15) is 12.4 Å². The lowest BCUT2D eigenvalue weighted by Crippen LogP contribution is -2.34. The van der Waals surface area contributed by atoms with E-state index in [0.29, 0.717) is 18.0 Å². The Balaban J connectivity index is 2.12. The number of hydrogen-bond acceptors (Lipinski definition) is 3. The van der Waals surface area contributed by atoms with Crippen molar-refractivity contribution in [2.24, 2.45) is 11.7 Å². The smallest absolute Gasteiger partial charge is 0.228 e. The van der Waals surface area contributed by atoms with Gasteiger partial charge < -0.3 is 15.8 Å². The number of ether oxygens (including phenoxy) is 1. The number of nitrogens with one attached hydrogen (secondary N) is 1. The minimum Gasteiger partial charge on any atom is -0.487 e. The second-order valence-corrected chi connectivity index (χ2v) is 5.91. The summed E-state index contributed by atoms with van der Waals surface area (Å²) in [6.07, 6.45) is 0. The molecule has 0 aliphatic carbocycles. The fourth-order valence-electron chi connectivity index (χ4n) is 2.07. The molecule has 4 nitrogen and oxygen atoms in total. The zero-order chi connectivity index (χ0) is 16.8. The summed E-state index contributed by atoms with van der Waals surface area (Å²) < 4.78 is 5.90. The lowest BCUT2D eigenvalue weighted by atomic mass is 10.0. The standard InChI is InChI=1S/C19H24N2O2/c1-13-9-10-17(21-19(22)14(2)15(3)20)18(11-13)23-12-16-7-5-4-6-8-16/h4-11,14-15H,12,20H2,1-3H3,(H,21,22). The predicted octanol–water partition coefficient (Wildman–Crippen LogP) is 3.50. The van der Waals surface area contributed by atoms with Crippen LogP contribution in [0.15, 0.2) is 48.5 Å². The highest BCUT2D eigenvalue weighted by molar-refractivity contribution is 5.94. The van der Waals surface area contributed by atoms with Crippen LogP contribution in [0, 0.1) is 12.8 Å². The third-order valence-corrected chi connectivity index (χ3v) is 3.83. The van der Waals surface area contributed by atoms with E-state index in [1.165, 1.54) is 0 Å². The number of aryl methyl sites for hydroxylation is 1. The molecule has 0 aliphatic heterocycles. The molecule has 2 aromatic carbocycles. The first kappa shape index (κ1) is 17.0. The van der Waals surface area contributed by atoms with E-state index in [1.54, 1.807) is 0 Å². The van der Waals surface area contributed by atoms with Gasteiger partial charge in [-0.3, -0.25) is 4.79 Å². The van der Waals surface area contributed by atoms with Crippen molar-refractivity contribution in [3.05, 3.63) is 59.7 Å². The molecule has 122 valence electrons. The molecule has 2 unspecified atom stereocenters. The second-order valence-electron chi connectivity index (χ2n) is 5.91. The third kappa shape index (κ3) is 4.83. The van der Waals surface area contributed by atoms with Crippen molar-refractivity contribution in [1.82, 2.24) is 0 Å². The van der Waals surface area contributed by atoms with Crippen LogP contribution in [0.3, 0.4) is 0 Å². The number of anilines is 1. The molecule has 0 saturated carbocycles. The van der Waals surface area contributed by atoms with Crippen molar-refractivity contribution in [2.45, 2.75) is 33.4 Å². The minimum atomic E-state index is -0.265. The molecule has 0 bridgehead atoms. The van der Waals surface area contributed by atoms with E-state index in [4.69, 9.17) is 10.5 Å². The molecule has 1 amide bonds. The van der Waals surface area contributed by atoms with Crippen molar-refractivity contribution in [3.8, 4) is 5.75 Å². The number of rotatable bonds is 6. The van der Waals surface area contributed by atoms with Gasteiger partial charge in [0.2, 0.25) is 5.91 Å². The Morgan fingerprint density at radius 2 is 1.87 bits per heavy atom. The van der Waals surface area contributed by atoms with Gasteiger partial charge in [0.15, 0.2) is 0 Å². The summed E-state index contributed by atoms with van der Waals surface area (Å²) in [5.74, 6) is 0.297. The molecule has 0 heterocycles. The largest absolute Gasteiger partial charge is 0.487 e. The fourth-order valence-corrected chi connectivity index (χ4v) is 2.07. The van der Waals surface area contributed by atoms with Gasteiger partial charge in [-0.25, -0.2) is 0 Å². The highest BCUT2D eigenvalue weighted by atomic mass is 16.5. The molecule has 2 rings (SSSR count). The van der Waals surface area contributed by atoms with E-state index in [1.807, 2.05) is 69.3 Å². The van der Waals surface area contributed by atoms with Crippen LogP contribution in [-0.2, 0) is 11.4 Å². The molecule has 0 aliphatic rings. The summed E-state index contributed by atoms with van der Waals surface area (Å²) >= 11 is 0. The molecule has 0 spiro atoms. The Morgan fingerprint density at radius 1 is 1.17 bits per heavy atom. The number of amides is 1. The summed E-state index contributed by atoms with van der Waals surface area (Å²) in [6.45, 7) is 6.09. The van der Waals surface area contributed by atoms with Crippen LogP contribution in [0.4, 0.5) is 5.69 Å². The van der Waals surface area contributed by atoms with Crippen LogP contribution < -0.4 is 15.8 Å². The average molecular weight is 312 g/mol. The summed E-state index contributed by atoms with van der Waals surface area (Å²) in [7, 11) is 0. The van der Waals surface area contributed by atoms with Crippen molar-refractivity contribution < 1.29 is 9.53 Å². The molecular weight excluding hydrogens is 288 g/mol. The molecule has 0 fully saturated rings. The molecule has 2 aromatic rings. The minimum absolute atomic E-state index is 0.103. The van der Waals surface area contributed by atoms with E-state index >= 15 is 0 Å². The van der Waals surface area contributed by atoms with Gasteiger partial charge in [-0.15, -0.1) is 0 Å². The Hall–Kier alpha value is -2.33. The maximum atomic E-state index is 12.2. The normalized spacial score (nSPS) is 13.2. The first-order valence-electron chi connectivity index (χ1n) is 7.81. The maximum absolute atomic E-state index is 12.2. The van der Waals surface area contributed by atoms with E-state index in [2.05, 4.69) is 5.32 Å². The van der Waals surface area contributed by atoms with Crippen LogP contribution in [-0.4, -0.2) is 11.9 Å². The molecule has 2 atom stereocenters. The molecule has 4 heteroatoms. The first-order valence-corrected chi connectivity index (χ1v) is 7.81. The number of carbonyl (C=O) groups is 1. The van der Waals surface area contributed by atoms with Crippen LogP contribution in [0.2, 0.25) is 0 Å². The van der Waals surface area contributed by atoms with Gasteiger partial charge in [-0.05, 0) is 37.1 Å². The Morgan fingerprint density at radius 3 is 2.52 bits per heavy atom. The average Bonchev–Trinajstić information content (AvgIpc) is 2.55. The van der Waals surface area contributed by atoms with Gasteiger partial charge in [0.25, 0.3) is 0 Å². The summed E-state index contributed by atoms with van der Waals surface area (Å²) in [5.41, 5.74) is 8.62. The van der Waals surface area contributed by atoms with E-state index in [-0.39, 0.29) is 17.9 Å². The Bertz CT molecular complexity index is 654. The lowest BCUT2D eigenvalue weighted by Gasteiger charge is -2.18. The van der Waals surface area contributed by atoms with Gasteiger partial charge in [-0.1, -0.05) is 43.3 Å². The fraction of sp³-hybridized carbons (Fsp3) is 0.316. The van der Waals surface area contributed by atoms with Crippen LogP contribution in [0.1, 0.15) is 25.0 Å². The molecule has 23 heavy (non-hydrogen) atoms. The maximum Gasteiger partial charge on any atom is 0.228 e. The monoisotopic (exact) mass is 312 g/mol. The zero-order valence-corrected chi connectivity index (χ0v) is 13.9. The summed E-state index contributed by atoms with van der Waals surface area (Å²) in [4.78, 5) is 12.2. The van der Waals surface area contributed by atoms with Gasteiger partial charge in [-0.2, -0.15) is 0 Å². The van der Waals surface area contributed by atoms with Gasteiger partial charge in [0.05, 0.1) is 11.6 Å². The number of nitrogens with two attached hydrogens (primary N) is 1. The van der Waals surface area contributed by atoms with Crippen LogP contribution in [0.25, 0.3) is 0 Å². The van der Waals surface area contributed by atoms with Crippen molar-refractivity contribution in [2.75, 3.05) is 5.32 Å². The molecule has 0 aromatic heterocycles. The van der Waals surface area contributed by atoms with Gasteiger partial charge in [0, 0.05) is 6.04 Å². The Kier molecular flexibility index (Phi) is 5.77. The topological polar surface area (TPSA) is 64.4 Å². The summed E-state index contributed by atoms with van der Waals surface area (Å²) in [6, 6.07) is 15.5.